The maximum absolute atomic E-state index is 5.59. The van der Waals surface area contributed by atoms with Crippen molar-refractivity contribution in [2.24, 2.45) is 11.3 Å². The molecule has 2 heteroatoms. The topological polar surface area (TPSA) is 25.2 Å². The second kappa shape index (κ2) is 5.48. The van der Waals surface area contributed by atoms with Gasteiger partial charge in [-0.15, -0.1) is 0 Å². The molecule has 0 aromatic carbocycles. The van der Waals surface area contributed by atoms with Crippen molar-refractivity contribution in [1.29, 1.82) is 0 Å². The van der Waals surface area contributed by atoms with Crippen molar-refractivity contribution < 1.29 is 4.42 Å². The summed E-state index contributed by atoms with van der Waals surface area (Å²) in [7, 11) is 0. The molecule has 2 nitrogen and oxygen atoms in total. The number of nitrogens with one attached hydrogen (secondary N) is 1. The van der Waals surface area contributed by atoms with E-state index in [4.69, 9.17) is 4.42 Å². The van der Waals surface area contributed by atoms with E-state index < -0.39 is 0 Å². The van der Waals surface area contributed by atoms with E-state index in [2.05, 4.69) is 32.2 Å². The summed E-state index contributed by atoms with van der Waals surface area (Å²) in [5.74, 6) is 2.95. The molecule has 0 spiro atoms. The molecule has 2 rings (SSSR count). The lowest BCUT2D eigenvalue weighted by Gasteiger charge is -2.37. The Morgan fingerprint density at radius 1 is 1.17 bits per heavy atom. The van der Waals surface area contributed by atoms with Crippen LogP contribution in [0, 0.1) is 18.3 Å². The molecule has 0 atom stereocenters. The molecular weight excluding hydrogens is 222 g/mol. The molecule has 0 amide bonds. The Labute approximate surface area is 111 Å². The highest BCUT2D eigenvalue weighted by molar-refractivity contribution is 5.05. The zero-order valence-electron chi connectivity index (χ0n) is 12.3. The number of hydrogen-bond acceptors (Lipinski definition) is 2. The van der Waals surface area contributed by atoms with Crippen molar-refractivity contribution in [2.75, 3.05) is 0 Å². The molecule has 1 heterocycles. The molecule has 1 N–H and O–H groups in total. The van der Waals surface area contributed by atoms with Crippen molar-refractivity contribution in [3.63, 3.8) is 0 Å². The van der Waals surface area contributed by atoms with E-state index in [-0.39, 0.29) is 0 Å². The zero-order chi connectivity index (χ0) is 13.2. The van der Waals surface area contributed by atoms with Gasteiger partial charge in [-0.2, -0.15) is 0 Å². The zero-order valence-corrected chi connectivity index (χ0v) is 12.3. The molecule has 0 radical (unpaired) electrons. The van der Waals surface area contributed by atoms with Crippen molar-refractivity contribution in [3.8, 4) is 0 Å². The molecule has 1 aromatic heterocycles. The lowest BCUT2D eigenvalue weighted by Crippen LogP contribution is -2.35. The van der Waals surface area contributed by atoms with Gasteiger partial charge in [0.15, 0.2) is 0 Å². The summed E-state index contributed by atoms with van der Waals surface area (Å²) >= 11 is 0. The summed E-state index contributed by atoms with van der Waals surface area (Å²) in [4.78, 5) is 0. The summed E-state index contributed by atoms with van der Waals surface area (Å²) < 4.78 is 5.59. The fourth-order valence-corrected chi connectivity index (χ4v) is 2.99. The van der Waals surface area contributed by atoms with Gasteiger partial charge in [-0.1, -0.05) is 20.8 Å². The fraction of sp³-hybridized carbons (Fsp3) is 0.750. The molecule has 0 unspecified atom stereocenters. The molecule has 18 heavy (non-hydrogen) atoms. The van der Waals surface area contributed by atoms with E-state index in [0.29, 0.717) is 11.5 Å². The molecule has 1 aromatic rings. The van der Waals surface area contributed by atoms with Crippen LogP contribution in [0.2, 0.25) is 0 Å². The van der Waals surface area contributed by atoms with Gasteiger partial charge in [0.2, 0.25) is 0 Å². The van der Waals surface area contributed by atoms with Crippen molar-refractivity contribution in [3.05, 3.63) is 23.7 Å². The molecule has 0 aliphatic heterocycles. The van der Waals surface area contributed by atoms with Gasteiger partial charge in [0.25, 0.3) is 0 Å². The first-order chi connectivity index (χ1) is 8.45. The Morgan fingerprint density at radius 3 is 2.33 bits per heavy atom. The van der Waals surface area contributed by atoms with Crippen LogP contribution in [0.4, 0.5) is 0 Å². The molecular formula is C16H27NO. The maximum atomic E-state index is 5.59. The largest absolute Gasteiger partial charge is 0.465 e. The van der Waals surface area contributed by atoms with Crippen molar-refractivity contribution in [1.82, 2.24) is 5.32 Å². The van der Waals surface area contributed by atoms with Gasteiger partial charge >= 0.3 is 0 Å². The van der Waals surface area contributed by atoms with Gasteiger partial charge in [0, 0.05) is 6.04 Å². The minimum atomic E-state index is 0.475. The van der Waals surface area contributed by atoms with E-state index in [1.807, 2.05) is 13.0 Å². The standard InChI is InChI=1S/C16H27NO/c1-12-5-10-15(18-12)11-17-14-8-6-13(7-9-14)16(2,3)4/h5,10,13-14,17H,6-9,11H2,1-4H3. The maximum Gasteiger partial charge on any atom is 0.117 e. The van der Waals surface area contributed by atoms with Crippen LogP contribution < -0.4 is 5.32 Å². The average Bonchev–Trinajstić information content (AvgIpc) is 2.72. The van der Waals surface area contributed by atoms with E-state index >= 15 is 0 Å². The Hall–Kier alpha value is -0.760. The highest BCUT2D eigenvalue weighted by atomic mass is 16.3. The molecule has 1 fully saturated rings. The first kappa shape index (κ1) is 13.7. The summed E-state index contributed by atoms with van der Waals surface area (Å²) in [6.45, 7) is 9.99. The predicted octanol–water partition coefficient (Wildman–Crippen LogP) is 4.28. The Balaban J connectivity index is 1.74. The quantitative estimate of drug-likeness (QED) is 0.865. The fourth-order valence-electron chi connectivity index (χ4n) is 2.99. The van der Waals surface area contributed by atoms with Gasteiger partial charge in [-0.05, 0) is 56.1 Å². The first-order valence-electron chi connectivity index (χ1n) is 7.24. The lowest BCUT2D eigenvalue weighted by atomic mass is 9.71. The lowest BCUT2D eigenvalue weighted by molar-refractivity contribution is 0.159. The minimum absolute atomic E-state index is 0.475. The Morgan fingerprint density at radius 2 is 1.83 bits per heavy atom. The average molecular weight is 249 g/mol. The van der Waals surface area contributed by atoms with E-state index in [1.165, 1.54) is 25.7 Å². The number of aryl methyl sites for hydroxylation is 1. The predicted molar refractivity (Wildman–Crippen MR) is 75.5 cm³/mol. The second-order valence-electron chi connectivity index (χ2n) is 6.81. The van der Waals surface area contributed by atoms with Crippen LogP contribution in [0.25, 0.3) is 0 Å². The Kier molecular flexibility index (Phi) is 4.16. The third-order valence-corrected chi connectivity index (χ3v) is 4.31. The van der Waals surface area contributed by atoms with Gasteiger partial charge in [-0.3, -0.25) is 0 Å². The van der Waals surface area contributed by atoms with Gasteiger partial charge < -0.3 is 9.73 Å². The van der Waals surface area contributed by atoms with Crippen molar-refractivity contribution in [2.45, 2.75) is 66.0 Å². The van der Waals surface area contributed by atoms with Gasteiger partial charge in [-0.25, -0.2) is 0 Å². The summed E-state index contributed by atoms with van der Waals surface area (Å²) in [6.07, 6.45) is 5.33. The third kappa shape index (κ3) is 3.61. The van der Waals surface area contributed by atoms with Crippen LogP contribution in [0.3, 0.4) is 0 Å². The Bertz CT molecular complexity index is 367. The van der Waals surface area contributed by atoms with Crippen LogP contribution in [-0.2, 0) is 6.54 Å². The SMILES string of the molecule is Cc1ccc(CNC2CCC(C(C)(C)C)CC2)o1. The van der Waals surface area contributed by atoms with Crippen LogP contribution in [-0.4, -0.2) is 6.04 Å². The highest BCUT2D eigenvalue weighted by Gasteiger charge is 2.29. The third-order valence-electron chi connectivity index (χ3n) is 4.31. The van der Waals surface area contributed by atoms with Crippen molar-refractivity contribution >= 4 is 0 Å². The molecule has 1 aliphatic rings. The van der Waals surface area contributed by atoms with Gasteiger partial charge in [0.1, 0.15) is 11.5 Å². The number of furan rings is 1. The van der Waals surface area contributed by atoms with Gasteiger partial charge in [0.05, 0.1) is 6.54 Å². The molecule has 1 aliphatic carbocycles. The summed E-state index contributed by atoms with van der Waals surface area (Å²) in [5.41, 5.74) is 0.475. The summed E-state index contributed by atoms with van der Waals surface area (Å²) in [5, 5.41) is 3.63. The van der Waals surface area contributed by atoms with Crippen LogP contribution >= 0.6 is 0 Å². The summed E-state index contributed by atoms with van der Waals surface area (Å²) in [6, 6.07) is 4.78. The first-order valence-corrected chi connectivity index (χ1v) is 7.24. The molecule has 102 valence electrons. The minimum Gasteiger partial charge on any atom is -0.465 e. The molecule has 1 saturated carbocycles. The molecule has 0 bridgehead atoms. The van der Waals surface area contributed by atoms with Crippen LogP contribution in [0.1, 0.15) is 58.0 Å². The van der Waals surface area contributed by atoms with E-state index in [1.54, 1.807) is 0 Å². The van der Waals surface area contributed by atoms with Crippen LogP contribution in [0.15, 0.2) is 16.5 Å². The smallest absolute Gasteiger partial charge is 0.117 e. The van der Waals surface area contributed by atoms with E-state index in [9.17, 15) is 0 Å². The normalized spacial score (nSPS) is 25.3. The number of rotatable bonds is 3. The second-order valence-corrected chi connectivity index (χ2v) is 6.81. The van der Waals surface area contributed by atoms with Crippen LogP contribution in [0.5, 0.6) is 0 Å². The highest BCUT2D eigenvalue weighted by Crippen LogP contribution is 2.37. The number of hydrogen-bond donors (Lipinski definition) is 1. The monoisotopic (exact) mass is 249 g/mol. The molecule has 0 saturated heterocycles. The van der Waals surface area contributed by atoms with E-state index in [0.717, 1.165) is 24.0 Å².